The standard InChI is InChI=1S/C23H27N3O2S/c1-26(2)21-16-10-9-15-20(21)17-29(27,28)25-23(19-13-7-4-8-14-19)22(24)18-11-5-3-6-12-18/h3-16,22-23,25H,17,24H2,1-2H3. The van der Waals surface area contributed by atoms with Gasteiger partial charge in [-0.15, -0.1) is 0 Å². The molecule has 0 fully saturated rings. The molecule has 0 aliphatic heterocycles. The van der Waals surface area contributed by atoms with Crippen molar-refractivity contribution >= 4 is 15.7 Å². The second kappa shape index (κ2) is 9.22. The topological polar surface area (TPSA) is 75.4 Å². The third-order valence-electron chi connectivity index (χ3n) is 4.83. The highest BCUT2D eigenvalue weighted by Crippen LogP contribution is 2.29. The average Bonchev–Trinajstić information content (AvgIpc) is 2.73. The minimum absolute atomic E-state index is 0.119. The lowest BCUT2D eigenvalue weighted by Gasteiger charge is -2.26. The van der Waals surface area contributed by atoms with Crippen LogP contribution in [0, 0.1) is 0 Å². The Morgan fingerprint density at radius 3 is 1.93 bits per heavy atom. The molecule has 0 saturated heterocycles. The van der Waals surface area contributed by atoms with Gasteiger partial charge in [0.1, 0.15) is 0 Å². The van der Waals surface area contributed by atoms with Crippen molar-refractivity contribution in [3.63, 3.8) is 0 Å². The fourth-order valence-corrected chi connectivity index (χ4v) is 4.79. The quantitative estimate of drug-likeness (QED) is 0.596. The summed E-state index contributed by atoms with van der Waals surface area (Å²) in [5, 5.41) is 0. The van der Waals surface area contributed by atoms with Gasteiger partial charge >= 0.3 is 0 Å². The SMILES string of the molecule is CN(C)c1ccccc1CS(=O)(=O)NC(c1ccccc1)C(N)c1ccccc1. The summed E-state index contributed by atoms with van der Waals surface area (Å²) in [6.45, 7) is 0. The number of nitrogens with zero attached hydrogens (tertiary/aromatic N) is 1. The van der Waals surface area contributed by atoms with Crippen LogP contribution in [-0.4, -0.2) is 22.5 Å². The van der Waals surface area contributed by atoms with Crippen LogP contribution >= 0.6 is 0 Å². The number of para-hydroxylation sites is 1. The van der Waals surface area contributed by atoms with E-state index in [9.17, 15) is 8.42 Å². The summed E-state index contributed by atoms with van der Waals surface area (Å²) in [6.07, 6.45) is 0. The van der Waals surface area contributed by atoms with Gasteiger partial charge in [-0.05, 0) is 22.8 Å². The van der Waals surface area contributed by atoms with Crippen LogP contribution < -0.4 is 15.4 Å². The van der Waals surface area contributed by atoms with Crippen molar-refractivity contribution in [1.82, 2.24) is 4.72 Å². The van der Waals surface area contributed by atoms with Crippen LogP contribution in [0.5, 0.6) is 0 Å². The average molecular weight is 410 g/mol. The van der Waals surface area contributed by atoms with Gasteiger partial charge in [0.05, 0.1) is 17.8 Å². The van der Waals surface area contributed by atoms with Crippen LogP contribution in [0.4, 0.5) is 5.69 Å². The van der Waals surface area contributed by atoms with Gasteiger partial charge in [-0.25, -0.2) is 13.1 Å². The number of hydrogen-bond acceptors (Lipinski definition) is 4. The van der Waals surface area contributed by atoms with E-state index in [1.54, 1.807) is 0 Å². The van der Waals surface area contributed by atoms with E-state index in [0.29, 0.717) is 0 Å². The Bertz CT molecular complexity index is 1020. The number of rotatable bonds is 8. The lowest BCUT2D eigenvalue weighted by atomic mass is 9.95. The first-order chi connectivity index (χ1) is 13.9. The van der Waals surface area contributed by atoms with Crippen LogP contribution in [0.15, 0.2) is 84.9 Å². The lowest BCUT2D eigenvalue weighted by molar-refractivity contribution is 0.503. The Morgan fingerprint density at radius 1 is 0.828 bits per heavy atom. The molecule has 0 saturated carbocycles. The lowest BCUT2D eigenvalue weighted by Crippen LogP contribution is -2.36. The summed E-state index contributed by atoms with van der Waals surface area (Å²) in [4.78, 5) is 1.91. The van der Waals surface area contributed by atoms with Crippen molar-refractivity contribution in [2.45, 2.75) is 17.8 Å². The first-order valence-corrected chi connectivity index (χ1v) is 11.1. The summed E-state index contributed by atoms with van der Waals surface area (Å²) in [7, 11) is 0.152. The maximum absolute atomic E-state index is 13.1. The zero-order valence-corrected chi connectivity index (χ0v) is 17.5. The van der Waals surface area contributed by atoms with Crippen LogP contribution in [0.2, 0.25) is 0 Å². The van der Waals surface area contributed by atoms with Gasteiger partial charge in [-0.2, -0.15) is 0 Å². The monoisotopic (exact) mass is 409 g/mol. The first-order valence-electron chi connectivity index (χ1n) is 9.48. The fraction of sp³-hybridized carbons (Fsp3) is 0.217. The molecular formula is C23H27N3O2S. The van der Waals surface area contributed by atoms with Crippen molar-refractivity contribution in [3.05, 3.63) is 102 Å². The van der Waals surface area contributed by atoms with E-state index in [1.165, 1.54) is 0 Å². The van der Waals surface area contributed by atoms with E-state index < -0.39 is 22.1 Å². The van der Waals surface area contributed by atoms with E-state index in [2.05, 4.69) is 4.72 Å². The van der Waals surface area contributed by atoms with E-state index in [1.807, 2.05) is 104 Å². The number of anilines is 1. The Morgan fingerprint density at radius 2 is 1.34 bits per heavy atom. The molecule has 29 heavy (non-hydrogen) atoms. The summed E-state index contributed by atoms with van der Waals surface area (Å²) >= 11 is 0. The van der Waals surface area contributed by atoms with Crippen molar-refractivity contribution in [1.29, 1.82) is 0 Å². The molecule has 0 bridgehead atoms. The predicted molar refractivity (Wildman–Crippen MR) is 119 cm³/mol. The van der Waals surface area contributed by atoms with Crippen LogP contribution in [-0.2, 0) is 15.8 Å². The summed E-state index contributed by atoms with van der Waals surface area (Å²) in [5.41, 5.74) is 9.83. The zero-order valence-electron chi connectivity index (χ0n) is 16.7. The summed E-state index contributed by atoms with van der Waals surface area (Å²) in [6, 6.07) is 25.4. The van der Waals surface area contributed by atoms with Gasteiger partial charge in [0.25, 0.3) is 0 Å². The maximum atomic E-state index is 13.1. The van der Waals surface area contributed by atoms with Crippen molar-refractivity contribution < 1.29 is 8.42 Å². The predicted octanol–water partition coefficient (Wildman–Crippen LogP) is 3.61. The zero-order chi connectivity index (χ0) is 20.9. The van der Waals surface area contributed by atoms with Crippen molar-refractivity contribution in [2.75, 3.05) is 19.0 Å². The molecule has 5 nitrogen and oxygen atoms in total. The van der Waals surface area contributed by atoms with Gasteiger partial charge in [0.15, 0.2) is 0 Å². The molecule has 3 aromatic carbocycles. The first kappa shape index (κ1) is 21.0. The van der Waals surface area contributed by atoms with Crippen LogP contribution in [0.25, 0.3) is 0 Å². The molecule has 0 aliphatic rings. The second-order valence-electron chi connectivity index (χ2n) is 7.22. The molecular weight excluding hydrogens is 382 g/mol. The molecule has 0 radical (unpaired) electrons. The minimum atomic E-state index is -3.65. The molecule has 2 atom stereocenters. The normalized spacial score (nSPS) is 13.6. The number of hydrogen-bond donors (Lipinski definition) is 2. The molecule has 152 valence electrons. The Kier molecular flexibility index (Phi) is 6.69. The molecule has 0 heterocycles. The number of nitrogens with one attached hydrogen (secondary N) is 1. The number of nitrogens with two attached hydrogens (primary N) is 1. The van der Waals surface area contributed by atoms with E-state index >= 15 is 0 Å². The highest BCUT2D eigenvalue weighted by molar-refractivity contribution is 7.88. The minimum Gasteiger partial charge on any atom is -0.377 e. The van der Waals surface area contributed by atoms with Gasteiger partial charge in [-0.1, -0.05) is 78.9 Å². The second-order valence-corrected chi connectivity index (χ2v) is 8.98. The molecule has 3 N–H and O–H groups in total. The summed E-state index contributed by atoms with van der Waals surface area (Å²) in [5.74, 6) is -0.119. The molecule has 0 spiro atoms. The molecule has 3 aromatic rings. The van der Waals surface area contributed by atoms with Crippen molar-refractivity contribution in [3.8, 4) is 0 Å². The summed E-state index contributed by atoms with van der Waals surface area (Å²) < 4.78 is 29.1. The molecule has 0 amide bonds. The van der Waals surface area contributed by atoms with Gasteiger partial charge in [0.2, 0.25) is 10.0 Å². The third kappa shape index (κ3) is 5.44. The molecule has 2 unspecified atom stereocenters. The van der Waals surface area contributed by atoms with Crippen LogP contribution in [0.3, 0.4) is 0 Å². The van der Waals surface area contributed by atoms with Crippen molar-refractivity contribution in [2.24, 2.45) is 5.73 Å². The Labute approximate surface area is 173 Å². The smallest absolute Gasteiger partial charge is 0.216 e. The number of sulfonamides is 1. The Hall–Kier alpha value is -2.67. The van der Waals surface area contributed by atoms with E-state index in [0.717, 1.165) is 22.4 Å². The highest BCUT2D eigenvalue weighted by atomic mass is 32.2. The van der Waals surface area contributed by atoms with E-state index in [-0.39, 0.29) is 5.75 Å². The largest absolute Gasteiger partial charge is 0.377 e. The molecule has 0 aliphatic carbocycles. The number of benzene rings is 3. The van der Waals surface area contributed by atoms with Gasteiger partial charge in [0, 0.05) is 19.8 Å². The third-order valence-corrected chi connectivity index (χ3v) is 6.13. The van der Waals surface area contributed by atoms with Gasteiger partial charge in [-0.3, -0.25) is 0 Å². The Balaban J connectivity index is 1.91. The van der Waals surface area contributed by atoms with Gasteiger partial charge < -0.3 is 10.6 Å². The fourth-order valence-electron chi connectivity index (χ4n) is 3.39. The highest BCUT2D eigenvalue weighted by Gasteiger charge is 2.27. The molecule has 6 heteroatoms. The molecule has 0 aromatic heterocycles. The molecule has 3 rings (SSSR count). The van der Waals surface area contributed by atoms with Crippen LogP contribution in [0.1, 0.15) is 28.8 Å². The maximum Gasteiger partial charge on any atom is 0.216 e. The van der Waals surface area contributed by atoms with E-state index in [4.69, 9.17) is 5.73 Å².